The van der Waals surface area contributed by atoms with E-state index in [-0.39, 0.29) is 5.91 Å². The fraction of sp³-hybridized carbons (Fsp3) is 0.0625. The lowest BCUT2D eigenvalue weighted by molar-refractivity contribution is 0.102. The van der Waals surface area contributed by atoms with Crippen molar-refractivity contribution < 1.29 is 4.79 Å². The summed E-state index contributed by atoms with van der Waals surface area (Å²) in [5, 5.41) is 7.67. The van der Waals surface area contributed by atoms with Gasteiger partial charge >= 0.3 is 0 Å². The van der Waals surface area contributed by atoms with Crippen LogP contribution in [0, 0.1) is 6.92 Å². The van der Waals surface area contributed by atoms with Crippen molar-refractivity contribution in [2.75, 3.05) is 5.32 Å². The lowest BCUT2D eigenvalue weighted by atomic mass is 10.2. The molecule has 0 aliphatic carbocycles. The van der Waals surface area contributed by atoms with Crippen LogP contribution in [0.25, 0.3) is 5.69 Å². The fourth-order valence-electron chi connectivity index (χ4n) is 2.10. The van der Waals surface area contributed by atoms with E-state index in [1.165, 1.54) is 0 Å². The Labute approximate surface area is 132 Å². The number of aromatic nitrogens is 3. The summed E-state index contributed by atoms with van der Waals surface area (Å²) in [6, 6.07) is 12.6. The maximum Gasteiger partial charge on any atom is 0.260 e. The molecule has 22 heavy (non-hydrogen) atoms. The second-order valence-electron chi connectivity index (χ2n) is 4.70. The Morgan fingerprint density at radius 1 is 1.18 bits per heavy atom. The van der Waals surface area contributed by atoms with E-state index in [4.69, 9.17) is 11.6 Å². The molecule has 0 radical (unpaired) electrons. The third kappa shape index (κ3) is 2.84. The van der Waals surface area contributed by atoms with Gasteiger partial charge in [0.05, 0.1) is 23.1 Å². The van der Waals surface area contributed by atoms with Gasteiger partial charge in [0.25, 0.3) is 5.91 Å². The summed E-state index contributed by atoms with van der Waals surface area (Å²) >= 11 is 5.88. The summed E-state index contributed by atoms with van der Waals surface area (Å²) in [4.78, 5) is 16.4. The molecule has 0 saturated carbocycles. The molecule has 3 rings (SSSR count). The Kier molecular flexibility index (Phi) is 3.89. The van der Waals surface area contributed by atoms with Crippen molar-refractivity contribution in [3.05, 3.63) is 71.1 Å². The predicted molar refractivity (Wildman–Crippen MR) is 85.5 cm³/mol. The molecule has 0 atom stereocenters. The monoisotopic (exact) mass is 312 g/mol. The van der Waals surface area contributed by atoms with Gasteiger partial charge in [-0.3, -0.25) is 4.79 Å². The molecule has 1 N–H and O–H groups in total. The van der Waals surface area contributed by atoms with E-state index >= 15 is 0 Å². The minimum absolute atomic E-state index is 0.239. The Hall–Kier alpha value is -2.66. The van der Waals surface area contributed by atoms with Gasteiger partial charge in [-0.1, -0.05) is 17.7 Å². The van der Waals surface area contributed by atoms with E-state index < -0.39 is 0 Å². The quantitative estimate of drug-likeness (QED) is 0.805. The van der Waals surface area contributed by atoms with Gasteiger partial charge in [-0.25, -0.2) is 9.67 Å². The molecule has 0 saturated heterocycles. The van der Waals surface area contributed by atoms with Gasteiger partial charge in [0.15, 0.2) is 0 Å². The van der Waals surface area contributed by atoms with Gasteiger partial charge in [-0.2, -0.15) is 5.10 Å². The lowest BCUT2D eigenvalue weighted by Gasteiger charge is -2.06. The number of nitrogens with zero attached hydrogens (tertiary/aromatic N) is 3. The predicted octanol–water partition coefficient (Wildman–Crippen LogP) is 3.48. The van der Waals surface area contributed by atoms with Gasteiger partial charge < -0.3 is 5.32 Å². The molecule has 0 bridgehead atoms. The van der Waals surface area contributed by atoms with Gasteiger partial charge in [-0.15, -0.1) is 0 Å². The highest BCUT2D eigenvalue weighted by molar-refractivity contribution is 6.30. The first-order valence-electron chi connectivity index (χ1n) is 6.68. The smallest absolute Gasteiger partial charge is 0.260 e. The summed E-state index contributed by atoms with van der Waals surface area (Å²) in [7, 11) is 0. The van der Waals surface area contributed by atoms with E-state index in [1.807, 2.05) is 25.1 Å². The zero-order chi connectivity index (χ0) is 15.5. The number of carbonyl (C=O) groups excluding carboxylic acids is 1. The number of benzene rings is 1. The van der Waals surface area contributed by atoms with Crippen molar-refractivity contribution in [1.29, 1.82) is 0 Å². The van der Waals surface area contributed by atoms with Crippen LogP contribution in [0.15, 0.2) is 54.9 Å². The van der Waals surface area contributed by atoms with Crippen LogP contribution in [0.4, 0.5) is 5.82 Å². The molecular weight excluding hydrogens is 300 g/mol. The standard InChI is InChI=1S/C16H13ClN4O/c1-11-14(16(22)20-15-4-2-3-9-18-15)10-19-21(11)13-7-5-12(17)6-8-13/h2-10H,1H3,(H,18,20,22). The normalized spacial score (nSPS) is 10.5. The van der Waals surface area contributed by atoms with Crippen LogP contribution in [0.2, 0.25) is 5.02 Å². The molecule has 5 nitrogen and oxygen atoms in total. The van der Waals surface area contributed by atoms with Crippen LogP contribution in [0.5, 0.6) is 0 Å². The second-order valence-corrected chi connectivity index (χ2v) is 5.14. The molecule has 0 fully saturated rings. The van der Waals surface area contributed by atoms with E-state index in [0.29, 0.717) is 16.4 Å². The molecule has 0 aliphatic rings. The zero-order valence-electron chi connectivity index (χ0n) is 11.8. The van der Waals surface area contributed by atoms with E-state index in [2.05, 4.69) is 15.4 Å². The van der Waals surface area contributed by atoms with Crippen LogP contribution in [-0.4, -0.2) is 20.7 Å². The Balaban J connectivity index is 1.87. The van der Waals surface area contributed by atoms with Crippen molar-refractivity contribution in [3.8, 4) is 5.69 Å². The number of nitrogens with one attached hydrogen (secondary N) is 1. The van der Waals surface area contributed by atoms with Crippen LogP contribution in [0.3, 0.4) is 0 Å². The Morgan fingerprint density at radius 2 is 1.95 bits per heavy atom. The first-order valence-corrected chi connectivity index (χ1v) is 7.06. The number of amides is 1. The van der Waals surface area contributed by atoms with Crippen molar-refractivity contribution in [2.45, 2.75) is 6.92 Å². The third-order valence-electron chi connectivity index (χ3n) is 3.23. The molecule has 3 aromatic rings. The summed E-state index contributed by atoms with van der Waals surface area (Å²) < 4.78 is 1.70. The summed E-state index contributed by atoms with van der Waals surface area (Å²) in [6.07, 6.45) is 3.17. The topological polar surface area (TPSA) is 59.8 Å². The van der Waals surface area contributed by atoms with Gasteiger partial charge in [0.1, 0.15) is 5.82 Å². The minimum atomic E-state index is -0.239. The molecule has 2 heterocycles. The number of pyridine rings is 1. The van der Waals surface area contributed by atoms with Crippen LogP contribution in [-0.2, 0) is 0 Å². The third-order valence-corrected chi connectivity index (χ3v) is 3.48. The first kappa shape index (κ1) is 14.3. The average Bonchev–Trinajstić information content (AvgIpc) is 2.91. The van der Waals surface area contributed by atoms with Gasteiger partial charge in [0.2, 0.25) is 0 Å². The van der Waals surface area contributed by atoms with Crippen LogP contribution < -0.4 is 5.32 Å². The van der Waals surface area contributed by atoms with Crippen molar-refractivity contribution in [1.82, 2.24) is 14.8 Å². The molecule has 110 valence electrons. The molecule has 0 aliphatic heterocycles. The number of halogens is 1. The largest absolute Gasteiger partial charge is 0.306 e. The molecule has 6 heteroatoms. The average molecular weight is 313 g/mol. The number of carbonyl (C=O) groups is 1. The second kappa shape index (κ2) is 5.99. The van der Waals surface area contributed by atoms with E-state index in [9.17, 15) is 4.79 Å². The number of hydrogen-bond acceptors (Lipinski definition) is 3. The maximum absolute atomic E-state index is 12.3. The molecular formula is C16H13ClN4O. The van der Waals surface area contributed by atoms with Gasteiger partial charge in [-0.05, 0) is 43.3 Å². The van der Waals surface area contributed by atoms with Crippen molar-refractivity contribution >= 4 is 23.3 Å². The maximum atomic E-state index is 12.3. The zero-order valence-corrected chi connectivity index (χ0v) is 12.6. The van der Waals surface area contributed by atoms with Crippen LogP contribution in [0.1, 0.15) is 16.1 Å². The van der Waals surface area contributed by atoms with E-state index in [0.717, 1.165) is 11.4 Å². The minimum Gasteiger partial charge on any atom is -0.306 e. The molecule has 2 aromatic heterocycles. The summed E-state index contributed by atoms with van der Waals surface area (Å²) in [5.41, 5.74) is 2.09. The Morgan fingerprint density at radius 3 is 2.64 bits per heavy atom. The molecule has 1 amide bonds. The van der Waals surface area contributed by atoms with Crippen LogP contribution >= 0.6 is 11.6 Å². The lowest BCUT2D eigenvalue weighted by Crippen LogP contribution is -2.13. The SMILES string of the molecule is Cc1c(C(=O)Nc2ccccn2)cnn1-c1ccc(Cl)cc1. The highest BCUT2D eigenvalue weighted by atomic mass is 35.5. The molecule has 1 aromatic carbocycles. The fourth-order valence-corrected chi connectivity index (χ4v) is 2.22. The number of anilines is 1. The number of hydrogen-bond donors (Lipinski definition) is 1. The summed E-state index contributed by atoms with van der Waals surface area (Å²) in [5.74, 6) is 0.266. The summed E-state index contributed by atoms with van der Waals surface area (Å²) in [6.45, 7) is 1.84. The Bertz CT molecular complexity index is 797. The number of rotatable bonds is 3. The van der Waals surface area contributed by atoms with Crippen molar-refractivity contribution in [3.63, 3.8) is 0 Å². The molecule has 0 unspecified atom stereocenters. The van der Waals surface area contributed by atoms with E-state index in [1.54, 1.807) is 41.3 Å². The molecule has 0 spiro atoms. The van der Waals surface area contributed by atoms with Crippen molar-refractivity contribution in [2.24, 2.45) is 0 Å². The first-order chi connectivity index (χ1) is 10.6. The highest BCUT2D eigenvalue weighted by Crippen LogP contribution is 2.17. The highest BCUT2D eigenvalue weighted by Gasteiger charge is 2.15. The van der Waals surface area contributed by atoms with Gasteiger partial charge in [0, 0.05) is 11.2 Å².